The molecule has 5 heteroatoms. The normalized spacial score (nSPS) is 23.0. The second kappa shape index (κ2) is 8.08. The third-order valence-corrected chi connectivity index (χ3v) is 6.91. The predicted octanol–water partition coefficient (Wildman–Crippen LogP) is 5.18. The molecule has 4 rings (SSSR count). The van der Waals surface area contributed by atoms with Gasteiger partial charge in [-0.05, 0) is 55.1 Å². The number of esters is 1. The van der Waals surface area contributed by atoms with Crippen LogP contribution in [0.15, 0.2) is 30.3 Å². The molecule has 0 spiro atoms. The molecule has 4 nitrogen and oxygen atoms in total. The van der Waals surface area contributed by atoms with Gasteiger partial charge in [0.25, 0.3) is 0 Å². The molecule has 28 heavy (non-hydrogen) atoms. The van der Waals surface area contributed by atoms with E-state index in [2.05, 4.69) is 24.4 Å². The summed E-state index contributed by atoms with van der Waals surface area (Å²) in [5, 5.41) is 3.76. The second-order valence-electron chi connectivity index (χ2n) is 8.04. The van der Waals surface area contributed by atoms with Crippen LogP contribution in [0.3, 0.4) is 0 Å². The maximum Gasteiger partial charge on any atom is 0.341 e. The number of amides is 1. The Labute approximate surface area is 170 Å². The molecule has 0 aliphatic heterocycles. The molecule has 0 radical (unpaired) electrons. The van der Waals surface area contributed by atoms with Gasteiger partial charge < -0.3 is 10.1 Å². The number of thiophene rings is 1. The summed E-state index contributed by atoms with van der Waals surface area (Å²) in [4.78, 5) is 26.8. The van der Waals surface area contributed by atoms with Gasteiger partial charge in [0.15, 0.2) is 0 Å². The summed E-state index contributed by atoms with van der Waals surface area (Å²) in [5.74, 6) is 0.607. The molecule has 0 saturated heterocycles. The van der Waals surface area contributed by atoms with E-state index in [0.29, 0.717) is 23.1 Å². The van der Waals surface area contributed by atoms with Crippen LogP contribution in [0.1, 0.15) is 65.4 Å². The van der Waals surface area contributed by atoms with Crippen LogP contribution in [0.25, 0.3) is 0 Å². The van der Waals surface area contributed by atoms with Gasteiger partial charge in [-0.25, -0.2) is 4.79 Å². The maximum atomic E-state index is 12.9. The molecule has 3 atom stereocenters. The number of benzene rings is 1. The number of anilines is 1. The molecule has 1 amide bonds. The Balaban J connectivity index is 1.54. The molecule has 0 bridgehead atoms. The van der Waals surface area contributed by atoms with E-state index in [1.807, 2.05) is 25.1 Å². The number of carbonyl (C=O) groups is 2. The monoisotopic (exact) mass is 397 g/mol. The fourth-order valence-electron chi connectivity index (χ4n) is 4.08. The molecular formula is C23H27NO3S. The van der Waals surface area contributed by atoms with Crippen molar-refractivity contribution < 1.29 is 14.3 Å². The van der Waals surface area contributed by atoms with Crippen molar-refractivity contribution >= 4 is 28.2 Å². The third kappa shape index (κ3) is 3.86. The number of rotatable bonds is 6. The van der Waals surface area contributed by atoms with Crippen molar-refractivity contribution in [1.29, 1.82) is 0 Å². The van der Waals surface area contributed by atoms with Crippen LogP contribution in [0.5, 0.6) is 0 Å². The Morgan fingerprint density at radius 1 is 1.25 bits per heavy atom. The Bertz CT molecular complexity index is 873. The third-order valence-electron chi connectivity index (χ3n) is 5.74. The van der Waals surface area contributed by atoms with Crippen LogP contribution in [0.4, 0.5) is 5.00 Å². The molecule has 0 unspecified atom stereocenters. The zero-order chi connectivity index (χ0) is 19.7. The van der Waals surface area contributed by atoms with E-state index in [0.717, 1.165) is 37.7 Å². The molecule has 1 heterocycles. The van der Waals surface area contributed by atoms with Gasteiger partial charge in [0.1, 0.15) is 5.00 Å². The zero-order valence-corrected chi connectivity index (χ0v) is 17.3. The number of nitrogens with one attached hydrogen (secondary N) is 1. The fourth-order valence-corrected chi connectivity index (χ4v) is 5.48. The van der Waals surface area contributed by atoms with Crippen LogP contribution >= 0.6 is 11.3 Å². The second-order valence-corrected chi connectivity index (χ2v) is 9.15. The minimum absolute atomic E-state index is 0.0139. The fraction of sp³-hybridized carbons (Fsp3) is 0.478. The van der Waals surface area contributed by atoms with E-state index in [4.69, 9.17) is 4.74 Å². The molecule has 148 valence electrons. The van der Waals surface area contributed by atoms with Crippen molar-refractivity contribution in [3.8, 4) is 0 Å². The van der Waals surface area contributed by atoms with Crippen molar-refractivity contribution in [3.05, 3.63) is 51.9 Å². The van der Waals surface area contributed by atoms with Crippen molar-refractivity contribution in [3.63, 3.8) is 0 Å². The highest BCUT2D eigenvalue weighted by Gasteiger charge is 2.44. The van der Waals surface area contributed by atoms with Gasteiger partial charge in [-0.15, -0.1) is 11.3 Å². The van der Waals surface area contributed by atoms with Crippen LogP contribution in [0, 0.1) is 11.8 Å². The van der Waals surface area contributed by atoms with Gasteiger partial charge in [-0.3, -0.25) is 4.79 Å². The van der Waals surface area contributed by atoms with Crippen molar-refractivity contribution in [2.75, 3.05) is 11.9 Å². The van der Waals surface area contributed by atoms with E-state index in [1.165, 1.54) is 10.4 Å². The quantitative estimate of drug-likeness (QED) is 0.683. The van der Waals surface area contributed by atoms with E-state index < -0.39 is 0 Å². The van der Waals surface area contributed by atoms with Gasteiger partial charge >= 0.3 is 5.97 Å². The number of hydrogen-bond acceptors (Lipinski definition) is 4. The molecule has 1 N–H and O–H groups in total. The summed E-state index contributed by atoms with van der Waals surface area (Å²) < 4.78 is 5.43. The average Bonchev–Trinajstić information content (AvgIpc) is 3.43. The molecular weight excluding hydrogens is 370 g/mol. The van der Waals surface area contributed by atoms with Gasteiger partial charge in [-0.2, -0.15) is 0 Å². The molecule has 1 aromatic heterocycles. The van der Waals surface area contributed by atoms with Crippen molar-refractivity contribution in [2.24, 2.45) is 11.8 Å². The largest absolute Gasteiger partial charge is 0.462 e. The lowest BCUT2D eigenvalue weighted by Crippen LogP contribution is -2.18. The molecule has 2 aromatic rings. The summed E-state index contributed by atoms with van der Waals surface area (Å²) in [5.41, 5.74) is 2.91. The first-order valence-corrected chi connectivity index (χ1v) is 11.1. The Kier molecular flexibility index (Phi) is 5.54. The lowest BCUT2D eigenvalue weighted by molar-refractivity contribution is -0.117. The Hall–Kier alpha value is -2.14. The predicted molar refractivity (Wildman–Crippen MR) is 112 cm³/mol. The first-order valence-electron chi connectivity index (χ1n) is 10.3. The summed E-state index contributed by atoms with van der Waals surface area (Å²) in [6.07, 6.45) is 4.59. The number of ether oxygens (including phenoxy) is 1. The highest BCUT2D eigenvalue weighted by atomic mass is 32.1. The number of carbonyl (C=O) groups excluding carboxylic acids is 2. The van der Waals surface area contributed by atoms with Crippen LogP contribution in [-0.2, 0) is 22.4 Å². The van der Waals surface area contributed by atoms with E-state index in [9.17, 15) is 9.59 Å². The molecule has 1 aromatic carbocycles. The summed E-state index contributed by atoms with van der Waals surface area (Å²) in [7, 11) is 0. The van der Waals surface area contributed by atoms with Crippen molar-refractivity contribution in [1.82, 2.24) is 0 Å². The lowest BCUT2D eigenvalue weighted by Gasteiger charge is -2.18. The van der Waals surface area contributed by atoms with Crippen LogP contribution < -0.4 is 5.32 Å². The van der Waals surface area contributed by atoms with Crippen LogP contribution in [-0.4, -0.2) is 18.5 Å². The Morgan fingerprint density at radius 3 is 2.79 bits per heavy atom. The first kappa shape index (κ1) is 19.2. The number of fused-ring (bicyclic) bond motifs is 1. The standard InChI is InChI=1S/C23H27NO3S/c1-3-11-27-23(26)20-16-10-9-14(2)12-19(16)28-22(20)24-21(25)18-13-17(18)15-7-5-4-6-8-15/h4-8,14,17-18H,3,9-13H2,1-2H3,(H,24,25)/t14-,17-,18+/m0/s1. The topological polar surface area (TPSA) is 55.4 Å². The van der Waals surface area contributed by atoms with Gasteiger partial charge in [0.05, 0.1) is 12.2 Å². The van der Waals surface area contributed by atoms with Gasteiger partial charge in [-0.1, -0.05) is 44.2 Å². The Morgan fingerprint density at radius 2 is 2.04 bits per heavy atom. The highest BCUT2D eigenvalue weighted by Crippen LogP contribution is 2.48. The minimum Gasteiger partial charge on any atom is -0.462 e. The minimum atomic E-state index is -0.292. The maximum absolute atomic E-state index is 12.9. The molecule has 1 saturated carbocycles. The summed E-state index contributed by atoms with van der Waals surface area (Å²) in [6.45, 7) is 4.63. The van der Waals surface area contributed by atoms with Gasteiger partial charge in [0, 0.05) is 10.8 Å². The van der Waals surface area contributed by atoms with Crippen molar-refractivity contribution in [2.45, 2.75) is 51.9 Å². The van der Waals surface area contributed by atoms with E-state index in [-0.39, 0.29) is 23.7 Å². The lowest BCUT2D eigenvalue weighted by atomic mass is 9.88. The smallest absolute Gasteiger partial charge is 0.341 e. The van der Waals surface area contributed by atoms with Crippen LogP contribution in [0.2, 0.25) is 0 Å². The van der Waals surface area contributed by atoms with E-state index >= 15 is 0 Å². The first-order chi connectivity index (χ1) is 13.6. The highest BCUT2D eigenvalue weighted by molar-refractivity contribution is 7.17. The zero-order valence-electron chi connectivity index (χ0n) is 16.5. The average molecular weight is 398 g/mol. The SMILES string of the molecule is CCCOC(=O)c1c(NC(=O)[C@@H]2C[C@H]2c2ccccc2)sc2c1CC[C@H](C)C2. The summed E-state index contributed by atoms with van der Waals surface area (Å²) in [6, 6.07) is 10.2. The molecule has 1 fully saturated rings. The molecule has 2 aliphatic carbocycles. The van der Waals surface area contributed by atoms with Gasteiger partial charge in [0.2, 0.25) is 5.91 Å². The summed E-state index contributed by atoms with van der Waals surface area (Å²) >= 11 is 1.57. The van der Waals surface area contributed by atoms with E-state index in [1.54, 1.807) is 11.3 Å². The number of hydrogen-bond donors (Lipinski definition) is 1. The molecule has 2 aliphatic rings.